The van der Waals surface area contributed by atoms with Crippen LogP contribution in [-0.4, -0.2) is 18.0 Å². The van der Waals surface area contributed by atoms with E-state index in [-0.39, 0.29) is 18.1 Å². The molecule has 6 nitrogen and oxygen atoms in total. The van der Waals surface area contributed by atoms with Gasteiger partial charge in [-0.25, -0.2) is 9.59 Å². The molecule has 4 aliphatic rings. The van der Waals surface area contributed by atoms with Crippen LogP contribution >= 0.6 is 0 Å². The topological polar surface area (TPSA) is 105 Å². The zero-order valence-corrected chi connectivity index (χ0v) is 27.8. The van der Waals surface area contributed by atoms with E-state index in [9.17, 15) is 9.59 Å². The summed E-state index contributed by atoms with van der Waals surface area (Å²) in [5.74, 6) is 3.76. The van der Waals surface area contributed by atoms with Crippen molar-refractivity contribution >= 4 is 23.3 Å². The fourth-order valence-electron chi connectivity index (χ4n) is 10.1. The lowest BCUT2D eigenvalue weighted by molar-refractivity contribution is -0.146. The maximum Gasteiger partial charge on any atom is 0.331 e. The van der Waals surface area contributed by atoms with E-state index in [1.165, 1.54) is 63.0 Å². The molecule has 1 aromatic rings. The largest absolute Gasteiger partial charge is 0.459 e. The summed E-state index contributed by atoms with van der Waals surface area (Å²) in [6.45, 7) is 12.4. The highest BCUT2D eigenvalue weighted by atomic mass is 16.5. The molecule has 6 heteroatoms. The number of anilines is 2. The van der Waals surface area contributed by atoms with E-state index in [2.05, 4.69) is 40.7 Å². The van der Waals surface area contributed by atoms with Gasteiger partial charge < -0.3 is 20.9 Å². The van der Waals surface area contributed by atoms with E-state index in [1.807, 2.05) is 0 Å². The molecule has 8 unspecified atom stereocenters. The van der Waals surface area contributed by atoms with Gasteiger partial charge in [0.15, 0.2) is 0 Å². The molecule has 0 saturated heterocycles. The molecular weight excluding hydrogens is 548 g/mol. The van der Waals surface area contributed by atoms with Gasteiger partial charge in [-0.1, -0.05) is 65.5 Å². The molecule has 242 valence electrons. The maximum atomic E-state index is 12.6. The summed E-state index contributed by atoms with van der Waals surface area (Å²) in [5, 5.41) is 0. The van der Waals surface area contributed by atoms with Crippen LogP contribution in [0.4, 0.5) is 11.4 Å². The van der Waals surface area contributed by atoms with Gasteiger partial charge in [0.25, 0.3) is 0 Å². The lowest BCUT2D eigenvalue weighted by Crippen LogP contribution is -2.51. The van der Waals surface area contributed by atoms with Crippen molar-refractivity contribution in [1.82, 2.24) is 0 Å². The number of allylic oxidation sites excluding steroid dienone is 1. The highest BCUT2D eigenvalue weighted by Gasteiger charge is 2.59. The van der Waals surface area contributed by atoms with Gasteiger partial charge in [0.05, 0.1) is 0 Å². The Balaban J connectivity index is 1.14. The van der Waals surface area contributed by atoms with Crippen molar-refractivity contribution in [2.24, 2.45) is 46.3 Å². The molecule has 5 rings (SSSR count). The highest BCUT2D eigenvalue weighted by Crippen LogP contribution is 2.67. The standard InChI is InChI=1S/C38H56N2O4/c1-24(2)7-6-8-25(3)32-11-12-33-31-10-9-27-21-30(15-17-37(27,4)34(31)16-18-38(32,33)5)44-36(42)14-13-35(41)43-23-26-19-28(39)22-29(40)20-26/h9,13-14,19-20,22,24-25,30-34H,6-8,10-12,15-18,21,23,39-40H2,1-5H3/b14-13-. The molecule has 3 saturated carbocycles. The van der Waals surface area contributed by atoms with Gasteiger partial charge in [-0.05, 0) is 115 Å². The van der Waals surface area contributed by atoms with Crippen LogP contribution in [0.3, 0.4) is 0 Å². The minimum Gasteiger partial charge on any atom is -0.459 e. The number of carbonyl (C=O) groups excluding carboxylic acids is 2. The Kier molecular flexibility index (Phi) is 9.87. The van der Waals surface area contributed by atoms with Gasteiger partial charge in [0.1, 0.15) is 12.7 Å². The first kappa shape index (κ1) is 32.6. The monoisotopic (exact) mass is 604 g/mol. The van der Waals surface area contributed by atoms with E-state index in [4.69, 9.17) is 20.9 Å². The molecule has 0 amide bonds. The summed E-state index contributed by atoms with van der Waals surface area (Å²) in [6, 6.07) is 5.05. The Hall–Kier alpha value is -2.76. The molecule has 0 heterocycles. The van der Waals surface area contributed by atoms with Crippen molar-refractivity contribution in [3.8, 4) is 0 Å². The summed E-state index contributed by atoms with van der Waals surface area (Å²) < 4.78 is 11.1. The molecule has 4 N–H and O–H groups in total. The second kappa shape index (κ2) is 13.3. The molecule has 0 aromatic heterocycles. The third kappa shape index (κ3) is 6.89. The lowest BCUT2D eigenvalue weighted by Gasteiger charge is -2.58. The Labute approximate surface area is 265 Å². The first-order valence-corrected chi connectivity index (χ1v) is 17.3. The number of benzene rings is 1. The smallest absolute Gasteiger partial charge is 0.331 e. The zero-order chi connectivity index (χ0) is 31.6. The van der Waals surface area contributed by atoms with E-state index in [0.717, 1.165) is 60.8 Å². The summed E-state index contributed by atoms with van der Waals surface area (Å²) in [5.41, 5.74) is 15.5. The number of rotatable bonds is 10. The SMILES string of the molecule is CC(C)CCCC(C)C1CCC2C3CC=C4CC(OC(=O)/C=C\C(=O)OCc5cc(N)cc(N)c5)CCC4(C)C3CCC12C. The van der Waals surface area contributed by atoms with Crippen LogP contribution in [0.1, 0.15) is 111 Å². The number of hydrogen-bond donors (Lipinski definition) is 2. The molecule has 8 atom stereocenters. The molecule has 4 aliphatic carbocycles. The molecule has 3 fully saturated rings. The van der Waals surface area contributed by atoms with Gasteiger partial charge in [0.2, 0.25) is 0 Å². The normalized spacial score (nSPS) is 33.7. The quantitative estimate of drug-likeness (QED) is 0.120. The van der Waals surface area contributed by atoms with Crippen LogP contribution in [-0.2, 0) is 25.7 Å². The maximum absolute atomic E-state index is 12.6. The van der Waals surface area contributed by atoms with Gasteiger partial charge in [0, 0.05) is 29.9 Å². The number of ether oxygens (including phenoxy) is 2. The summed E-state index contributed by atoms with van der Waals surface area (Å²) in [7, 11) is 0. The first-order valence-electron chi connectivity index (χ1n) is 17.3. The van der Waals surface area contributed by atoms with Gasteiger partial charge in [-0.2, -0.15) is 0 Å². The first-order chi connectivity index (χ1) is 20.9. The van der Waals surface area contributed by atoms with E-state index in [1.54, 1.807) is 18.2 Å². The number of carbonyl (C=O) groups is 2. The average Bonchev–Trinajstić information content (AvgIpc) is 3.32. The van der Waals surface area contributed by atoms with E-state index in [0.29, 0.717) is 22.4 Å². The average molecular weight is 605 g/mol. The number of nitrogen functional groups attached to an aromatic ring is 2. The van der Waals surface area contributed by atoms with E-state index >= 15 is 0 Å². The van der Waals surface area contributed by atoms with Gasteiger partial charge in [-0.3, -0.25) is 0 Å². The number of nitrogens with two attached hydrogens (primary N) is 2. The third-order valence-corrected chi connectivity index (χ3v) is 12.3. The Morgan fingerprint density at radius 2 is 1.66 bits per heavy atom. The van der Waals surface area contributed by atoms with Crippen molar-refractivity contribution < 1.29 is 19.1 Å². The van der Waals surface area contributed by atoms with Crippen molar-refractivity contribution in [2.45, 2.75) is 118 Å². The Morgan fingerprint density at radius 1 is 0.932 bits per heavy atom. The molecule has 44 heavy (non-hydrogen) atoms. The molecule has 0 aliphatic heterocycles. The number of fused-ring (bicyclic) bond motifs is 5. The third-order valence-electron chi connectivity index (χ3n) is 12.3. The fraction of sp³-hybridized carbons (Fsp3) is 0.684. The summed E-state index contributed by atoms with van der Waals surface area (Å²) in [4.78, 5) is 24.8. The van der Waals surface area contributed by atoms with Crippen LogP contribution in [0.25, 0.3) is 0 Å². The Bertz CT molecular complexity index is 1250. The number of esters is 2. The predicted octanol–water partition coefficient (Wildman–Crippen LogP) is 8.40. The summed E-state index contributed by atoms with van der Waals surface area (Å²) >= 11 is 0. The van der Waals surface area contributed by atoms with Gasteiger partial charge >= 0.3 is 11.9 Å². The zero-order valence-electron chi connectivity index (χ0n) is 27.8. The number of hydrogen-bond acceptors (Lipinski definition) is 6. The summed E-state index contributed by atoms with van der Waals surface area (Å²) in [6.07, 6.45) is 18.2. The molecule has 0 spiro atoms. The highest BCUT2D eigenvalue weighted by molar-refractivity contribution is 5.91. The van der Waals surface area contributed by atoms with Crippen molar-refractivity contribution in [3.63, 3.8) is 0 Å². The molecule has 1 aromatic carbocycles. The second-order valence-electron chi connectivity index (χ2n) is 15.5. The second-order valence-corrected chi connectivity index (χ2v) is 15.5. The minimum atomic E-state index is -0.608. The molecule has 0 radical (unpaired) electrons. The van der Waals surface area contributed by atoms with Crippen LogP contribution in [0.2, 0.25) is 0 Å². The fourth-order valence-corrected chi connectivity index (χ4v) is 10.1. The minimum absolute atomic E-state index is 0.0307. The molecule has 0 bridgehead atoms. The van der Waals surface area contributed by atoms with Crippen LogP contribution in [0.5, 0.6) is 0 Å². The van der Waals surface area contributed by atoms with E-state index < -0.39 is 11.9 Å². The van der Waals surface area contributed by atoms with Crippen LogP contribution in [0.15, 0.2) is 42.0 Å². The Morgan fingerprint density at radius 3 is 2.39 bits per heavy atom. The van der Waals surface area contributed by atoms with Crippen LogP contribution in [0, 0.1) is 46.3 Å². The van der Waals surface area contributed by atoms with Gasteiger partial charge in [-0.15, -0.1) is 0 Å². The van der Waals surface area contributed by atoms with Crippen molar-refractivity contribution in [3.05, 3.63) is 47.6 Å². The van der Waals surface area contributed by atoms with Crippen molar-refractivity contribution in [1.29, 1.82) is 0 Å². The predicted molar refractivity (Wildman–Crippen MR) is 177 cm³/mol. The van der Waals surface area contributed by atoms with Crippen LogP contribution < -0.4 is 11.5 Å². The molecular formula is C38H56N2O4. The lowest BCUT2D eigenvalue weighted by atomic mass is 9.47. The van der Waals surface area contributed by atoms with Crippen molar-refractivity contribution in [2.75, 3.05) is 11.5 Å².